The van der Waals surface area contributed by atoms with Crippen molar-refractivity contribution in [3.63, 3.8) is 0 Å². The van der Waals surface area contributed by atoms with Gasteiger partial charge in [-0.25, -0.2) is 24.7 Å². The highest BCUT2D eigenvalue weighted by Gasteiger charge is 2.46. The van der Waals surface area contributed by atoms with Gasteiger partial charge in [0.05, 0.1) is 30.9 Å². The van der Waals surface area contributed by atoms with Crippen LogP contribution in [0.25, 0.3) is 0 Å². The minimum Gasteiger partial charge on any atom is -0.481 e. The second-order valence-electron chi connectivity index (χ2n) is 18.9. The van der Waals surface area contributed by atoms with E-state index in [-0.39, 0.29) is 5.97 Å². The first-order chi connectivity index (χ1) is 36.0. The predicted molar refractivity (Wildman–Crippen MR) is 297 cm³/mol. The van der Waals surface area contributed by atoms with Gasteiger partial charge in [-0.3, -0.25) is 14.2 Å². The number of carboxylic acid groups (broad SMARTS) is 2. The molecule has 0 aliphatic heterocycles. The van der Waals surface area contributed by atoms with Gasteiger partial charge in [0.1, 0.15) is 18.1 Å². The number of thioether (sulfide) groups is 2. The maximum Gasteiger partial charge on any atom is 0.490 e. The zero-order chi connectivity index (χ0) is 55.3. The van der Waals surface area contributed by atoms with Crippen LogP contribution in [-0.2, 0) is 43.4 Å². The van der Waals surface area contributed by atoms with Gasteiger partial charge in [0.2, 0.25) is 0 Å². The Morgan fingerprint density at radius 1 is 0.776 bits per heavy atom. The molecule has 2 aromatic carbocycles. The van der Waals surface area contributed by atoms with Crippen LogP contribution in [0.3, 0.4) is 0 Å². The van der Waals surface area contributed by atoms with Gasteiger partial charge >= 0.3 is 24.1 Å². The summed E-state index contributed by atoms with van der Waals surface area (Å²) >= 11 is 31.6. The van der Waals surface area contributed by atoms with E-state index < -0.39 is 34.5 Å². The summed E-state index contributed by atoms with van der Waals surface area (Å²) in [6.07, 6.45) is 5.44. The molecule has 408 valence electrons. The molecule has 0 saturated heterocycles. The topological polar surface area (TPSA) is 178 Å². The van der Waals surface area contributed by atoms with Crippen molar-refractivity contribution in [3.8, 4) is 0 Å². The minimum atomic E-state index is -5.08. The molecule has 0 unspecified atom stereocenters. The number of ether oxygens (including phenoxy) is 2. The number of anilines is 2. The molecule has 0 bridgehead atoms. The van der Waals surface area contributed by atoms with E-state index >= 15 is 0 Å². The highest BCUT2D eigenvalue weighted by atomic mass is 35.5. The van der Waals surface area contributed by atoms with Crippen molar-refractivity contribution in [2.75, 3.05) is 12.4 Å². The number of carbonyl (C=O) groups excluding carboxylic acids is 1. The number of aliphatic carboxylic acids is 2. The maximum absolute atomic E-state index is 13.6. The first kappa shape index (κ1) is 60.8. The van der Waals surface area contributed by atoms with Crippen LogP contribution in [0, 0.1) is 10.8 Å². The highest BCUT2D eigenvalue weighted by Crippen LogP contribution is 2.48. The number of pyridine rings is 2. The standard InChI is InChI=1S/C28H33Cl2N3O3S2.C22H21Cl2N3O2S2.C2HF3O2/c1-27(2,3)36-25(34)28(13-11-20(12-14-28)38-22-9-6-8-21(29)24(22)30)17-19-7-5-10-23(31-19)32-26-33(18-35-4)15-16-37-26;23-16-4-2-5-17(19(16)24)31-15-7-9-22(10-8-15,20(28)29)13-14-3-1-6-18(26-14)27-21-25-11-12-30-21;3-2(4,5)1(6)7/h5-10,15-16,20H,11-14,17-18H2,1-4H3;1-6,11-12,15H,7-10,13H2,(H,28,29)(H,25,26,27);(H,6,7). The number of benzene rings is 2. The zero-order valence-corrected chi connectivity index (χ0v) is 47.9. The lowest BCUT2D eigenvalue weighted by molar-refractivity contribution is -0.192. The Labute approximate surface area is 475 Å². The summed E-state index contributed by atoms with van der Waals surface area (Å²) in [5.74, 6) is -2.39. The van der Waals surface area contributed by atoms with Crippen molar-refractivity contribution in [1.29, 1.82) is 0 Å². The van der Waals surface area contributed by atoms with Crippen LogP contribution in [0.5, 0.6) is 0 Å². The van der Waals surface area contributed by atoms with Gasteiger partial charge in [-0.2, -0.15) is 13.2 Å². The number of carboxylic acids is 2. The number of methoxy groups -OCH3 is 1. The molecule has 3 N–H and O–H groups in total. The van der Waals surface area contributed by atoms with E-state index in [0.29, 0.717) is 87.5 Å². The van der Waals surface area contributed by atoms with Gasteiger partial charge < -0.3 is 25.0 Å². The van der Waals surface area contributed by atoms with Crippen molar-refractivity contribution < 1.29 is 47.2 Å². The van der Waals surface area contributed by atoms with E-state index in [1.54, 1.807) is 49.0 Å². The van der Waals surface area contributed by atoms with Crippen LogP contribution in [0.15, 0.2) is 111 Å². The Morgan fingerprint density at radius 3 is 1.82 bits per heavy atom. The number of halogens is 7. The molecule has 0 spiro atoms. The van der Waals surface area contributed by atoms with E-state index in [2.05, 4.69) is 15.3 Å². The average molecular weight is 1200 g/mol. The summed E-state index contributed by atoms with van der Waals surface area (Å²) in [6.45, 7) is 6.16. The van der Waals surface area contributed by atoms with Crippen molar-refractivity contribution in [2.24, 2.45) is 15.8 Å². The molecule has 2 fully saturated rings. The van der Waals surface area contributed by atoms with E-state index in [1.807, 2.05) is 103 Å². The van der Waals surface area contributed by atoms with Gasteiger partial charge in [0.25, 0.3) is 0 Å². The fraction of sp³-hybridized carbons (Fsp3) is 0.404. The van der Waals surface area contributed by atoms with Gasteiger partial charge in [0.15, 0.2) is 15.8 Å². The number of nitrogens with one attached hydrogen (secondary N) is 1. The Bertz CT molecular complexity index is 2980. The van der Waals surface area contributed by atoms with Gasteiger partial charge in [0, 0.05) is 74.8 Å². The molecule has 13 nitrogen and oxygen atoms in total. The number of esters is 1. The number of carbonyl (C=O) groups is 3. The lowest BCUT2D eigenvalue weighted by Gasteiger charge is -2.39. The number of hydrogen-bond donors (Lipinski definition) is 3. The van der Waals surface area contributed by atoms with E-state index in [4.69, 9.17) is 75.8 Å². The largest absolute Gasteiger partial charge is 0.490 e. The average Bonchev–Trinajstić information content (AvgIpc) is 4.05. The second-order valence-corrected chi connectivity index (χ2v) is 24.9. The quantitative estimate of drug-likeness (QED) is 0.0828. The van der Waals surface area contributed by atoms with Crippen molar-refractivity contribution in [3.05, 3.63) is 132 Å². The van der Waals surface area contributed by atoms with E-state index in [0.717, 1.165) is 56.8 Å². The number of nitrogens with zero attached hydrogens (tertiary/aromatic N) is 5. The lowest BCUT2D eigenvalue weighted by Crippen LogP contribution is -2.42. The summed E-state index contributed by atoms with van der Waals surface area (Å²) in [5.41, 5.74) is -0.415. The number of rotatable bonds is 15. The van der Waals surface area contributed by atoms with E-state index in [1.165, 1.54) is 22.7 Å². The van der Waals surface area contributed by atoms with Crippen molar-refractivity contribution in [1.82, 2.24) is 19.5 Å². The third kappa shape index (κ3) is 17.6. The Kier molecular flexibility index (Phi) is 22.0. The molecule has 2 saturated carbocycles. The van der Waals surface area contributed by atoms with Crippen LogP contribution in [0.1, 0.15) is 83.5 Å². The summed E-state index contributed by atoms with van der Waals surface area (Å²) in [5, 5.41) is 27.9. The Balaban J connectivity index is 0.000000222. The smallest absolute Gasteiger partial charge is 0.481 e. The third-order valence-electron chi connectivity index (χ3n) is 12.2. The monoisotopic (exact) mass is 1200 g/mol. The summed E-state index contributed by atoms with van der Waals surface area (Å²) < 4.78 is 44.9. The fourth-order valence-corrected chi connectivity index (χ4v) is 13.1. The SMILES string of the molecule is COCn1ccsc1=Nc1cccc(CC2(C(=O)OC(C)(C)C)CCC(Sc3cccc(Cl)c3Cl)CC2)n1.O=C(O)C(F)(F)F.O=C(O)C1(Cc2cccc(Nc3nccs3)n2)CCC(Sc2cccc(Cl)c2Cl)CC1. The third-order valence-corrected chi connectivity index (χ3v) is 18.3. The normalized spacial score (nSPS) is 19.9. The predicted octanol–water partition coefficient (Wildman–Crippen LogP) is 15.3. The maximum atomic E-state index is 13.6. The zero-order valence-electron chi connectivity index (χ0n) is 41.6. The van der Waals surface area contributed by atoms with Crippen LogP contribution in [-0.4, -0.2) is 77.0 Å². The van der Waals surface area contributed by atoms with Crippen LogP contribution >= 0.6 is 92.6 Å². The van der Waals surface area contributed by atoms with Gasteiger partial charge in [-0.05, 0) is 121 Å². The molecule has 0 radical (unpaired) electrons. The molecule has 8 rings (SSSR count). The molecule has 0 atom stereocenters. The van der Waals surface area contributed by atoms with Gasteiger partial charge in [-0.1, -0.05) is 70.7 Å². The first-order valence-corrected chi connectivity index (χ1v) is 28.8. The molecular formula is C52H55Cl4F3N6O7S4. The molecular weight excluding hydrogens is 1150 g/mol. The Morgan fingerprint density at radius 2 is 1.30 bits per heavy atom. The molecule has 6 aromatic rings. The molecule has 24 heteroatoms. The molecule has 4 heterocycles. The number of aromatic nitrogens is 4. The first-order valence-electron chi connectivity index (χ1n) is 23.7. The van der Waals surface area contributed by atoms with Crippen LogP contribution in [0.4, 0.5) is 29.9 Å². The van der Waals surface area contributed by atoms with E-state index in [9.17, 15) is 27.9 Å². The number of alkyl halides is 3. The lowest BCUT2D eigenvalue weighted by atomic mass is 9.70. The summed E-state index contributed by atoms with van der Waals surface area (Å²) in [4.78, 5) is 55.9. The van der Waals surface area contributed by atoms with Gasteiger partial charge in [-0.15, -0.1) is 46.2 Å². The fourth-order valence-electron chi connectivity index (χ4n) is 8.42. The highest BCUT2D eigenvalue weighted by molar-refractivity contribution is 8.00. The number of hydrogen-bond acceptors (Lipinski definition) is 14. The molecule has 76 heavy (non-hydrogen) atoms. The van der Waals surface area contributed by atoms with Crippen LogP contribution in [0.2, 0.25) is 20.1 Å². The number of thiazole rings is 2. The summed E-state index contributed by atoms with van der Waals surface area (Å²) in [7, 11) is 1.65. The molecule has 4 aromatic heterocycles. The van der Waals surface area contributed by atoms with Crippen molar-refractivity contribution >= 4 is 127 Å². The minimum absolute atomic E-state index is 0.158. The second kappa shape index (κ2) is 27.5. The van der Waals surface area contributed by atoms with Crippen molar-refractivity contribution in [2.45, 2.75) is 124 Å². The summed E-state index contributed by atoms with van der Waals surface area (Å²) in [6, 6.07) is 22.8. The van der Waals surface area contributed by atoms with Crippen LogP contribution < -0.4 is 10.1 Å². The molecule has 2 aliphatic carbocycles. The Hall–Kier alpha value is -4.38. The molecule has 2 aliphatic rings. The molecule has 0 amide bonds.